The van der Waals surface area contributed by atoms with Gasteiger partial charge in [0, 0.05) is 33.2 Å². The lowest BCUT2D eigenvalue weighted by Crippen LogP contribution is -2.43. The van der Waals surface area contributed by atoms with Crippen LogP contribution >= 0.6 is 0 Å². The van der Waals surface area contributed by atoms with Gasteiger partial charge in [-0.2, -0.15) is 0 Å². The van der Waals surface area contributed by atoms with E-state index < -0.39 is 0 Å². The minimum atomic E-state index is -0.191. The second kappa shape index (κ2) is 11.8. The van der Waals surface area contributed by atoms with Gasteiger partial charge >= 0.3 is 0 Å². The van der Waals surface area contributed by atoms with Crippen LogP contribution in [-0.4, -0.2) is 4.57 Å². The van der Waals surface area contributed by atoms with Gasteiger partial charge in [-0.05, 0) is 115 Å². The number of fused-ring (bicyclic) bond motifs is 11. The van der Waals surface area contributed by atoms with E-state index in [9.17, 15) is 0 Å². The van der Waals surface area contributed by atoms with Crippen LogP contribution in [0.4, 0.5) is 17.1 Å². The van der Waals surface area contributed by atoms with E-state index in [0.29, 0.717) is 0 Å². The quantitative estimate of drug-likeness (QED) is 0.175. The molecule has 2 aliphatic carbocycles. The van der Waals surface area contributed by atoms with Gasteiger partial charge in [-0.3, -0.25) is 0 Å². The molecule has 0 spiro atoms. The highest BCUT2D eigenvalue weighted by Crippen LogP contribution is 2.57. The molecule has 0 bridgehead atoms. The minimum Gasteiger partial charge on any atom is -0.308 e. The molecule has 0 aliphatic heterocycles. The Labute approximate surface area is 335 Å². The molecule has 2 heteroatoms. The molecule has 0 amide bonds. The lowest BCUT2D eigenvalue weighted by Gasteiger charge is -2.48. The topological polar surface area (TPSA) is 8.17 Å². The van der Waals surface area contributed by atoms with Gasteiger partial charge in [-0.15, -0.1) is 0 Å². The molecule has 276 valence electrons. The van der Waals surface area contributed by atoms with E-state index >= 15 is 0 Å². The van der Waals surface area contributed by atoms with Gasteiger partial charge in [-0.25, -0.2) is 0 Å². The van der Waals surface area contributed by atoms with Crippen molar-refractivity contribution in [1.82, 2.24) is 4.57 Å². The standard InChI is InChI=1S/C55H46N2/c1-53(2)47-33-37(29-32-42(47)44-30-27-35-17-10-11-20-39(35)51(44)53)56(38-28-31-41-40-21-12-14-24-46(40)54(3,4)55(5,6)48(41)34-38)50-26-16-23-45-43-22-13-15-25-49(43)57(52(45)50)36-18-8-7-9-19-36/h7-34H,1-6H3. The average Bonchev–Trinajstić information content (AvgIpc) is 3.69. The first kappa shape index (κ1) is 33.9. The fourth-order valence-electron chi connectivity index (χ4n) is 10.5. The first-order valence-electron chi connectivity index (χ1n) is 20.4. The van der Waals surface area contributed by atoms with Crippen LogP contribution in [0.15, 0.2) is 170 Å². The molecule has 1 heterocycles. The van der Waals surface area contributed by atoms with Crippen molar-refractivity contribution in [3.63, 3.8) is 0 Å². The summed E-state index contributed by atoms with van der Waals surface area (Å²) in [7, 11) is 0. The van der Waals surface area contributed by atoms with Crippen LogP contribution < -0.4 is 4.90 Å². The van der Waals surface area contributed by atoms with Crippen molar-refractivity contribution in [2.75, 3.05) is 4.90 Å². The maximum Gasteiger partial charge on any atom is 0.0782 e. The van der Waals surface area contributed by atoms with Crippen molar-refractivity contribution >= 4 is 49.6 Å². The Balaban J connectivity index is 1.21. The molecule has 57 heavy (non-hydrogen) atoms. The van der Waals surface area contributed by atoms with Crippen molar-refractivity contribution in [3.8, 4) is 27.9 Å². The Morgan fingerprint density at radius 2 is 1.00 bits per heavy atom. The number of benzene rings is 8. The number of para-hydroxylation sites is 3. The van der Waals surface area contributed by atoms with Crippen molar-refractivity contribution < 1.29 is 0 Å². The fourth-order valence-corrected chi connectivity index (χ4v) is 10.5. The maximum atomic E-state index is 2.54. The van der Waals surface area contributed by atoms with Crippen molar-refractivity contribution in [3.05, 3.63) is 192 Å². The molecule has 2 nitrogen and oxygen atoms in total. The lowest BCUT2D eigenvalue weighted by atomic mass is 9.55. The summed E-state index contributed by atoms with van der Waals surface area (Å²) in [6, 6.07) is 63.6. The molecule has 0 atom stereocenters. The van der Waals surface area contributed by atoms with E-state index in [0.717, 1.165) is 22.7 Å². The Bertz CT molecular complexity index is 3100. The van der Waals surface area contributed by atoms with E-state index in [4.69, 9.17) is 0 Å². The van der Waals surface area contributed by atoms with Gasteiger partial charge in [0.25, 0.3) is 0 Å². The zero-order chi connectivity index (χ0) is 38.8. The van der Waals surface area contributed by atoms with Crippen LogP contribution in [0.3, 0.4) is 0 Å². The number of hydrogen-bond donors (Lipinski definition) is 0. The number of rotatable bonds is 4. The Morgan fingerprint density at radius 3 is 1.79 bits per heavy atom. The Kier molecular flexibility index (Phi) is 7.03. The smallest absolute Gasteiger partial charge is 0.0782 e. The minimum absolute atomic E-state index is 0.0774. The second-order valence-corrected chi connectivity index (χ2v) is 17.8. The molecule has 0 radical (unpaired) electrons. The lowest BCUT2D eigenvalue weighted by molar-refractivity contribution is 0.299. The van der Waals surface area contributed by atoms with Gasteiger partial charge in [0.15, 0.2) is 0 Å². The largest absolute Gasteiger partial charge is 0.308 e. The Morgan fingerprint density at radius 1 is 0.421 bits per heavy atom. The molecule has 0 N–H and O–H groups in total. The van der Waals surface area contributed by atoms with Crippen LogP contribution in [0.5, 0.6) is 0 Å². The van der Waals surface area contributed by atoms with Crippen LogP contribution in [-0.2, 0) is 16.2 Å². The van der Waals surface area contributed by atoms with E-state index in [-0.39, 0.29) is 16.2 Å². The first-order valence-corrected chi connectivity index (χ1v) is 20.4. The van der Waals surface area contributed by atoms with E-state index in [1.165, 1.54) is 77.1 Å². The van der Waals surface area contributed by atoms with Crippen molar-refractivity contribution in [1.29, 1.82) is 0 Å². The summed E-state index contributed by atoms with van der Waals surface area (Å²) in [5.41, 5.74) is 17.5. The molecular formula is C55H46N2. The SMILES string of the molecule is CC1(C)c2cc(N(c3ccc4c(c3)C(C)(C)C(C)(C)c3ccccc3-4)c3cccc4c5ccccc5n(-c5ccccc5)c34)ccc2-c2ccc3ccccc3c21. The molecule has 1 aromatic heterocycles. The highest BCUT2D eigenvalue weighted by Gasteiger charge is 2.46. The molecule has 0 saturated carbocycles. The van der Waals surface area contributed by atoms with E-state index in [2.05, 4.69) is 221 Å². The summed E-state index contributed by atoms with van der Waals surface area (Å²) in [5.74, 6) is 0. The predicted octanol–water partition coefficient (Wildman–Crippen LogP) is 14.9. The van der Waals surface area contributed by atoms with Crippen LogP contribution in [0.2, 0.25) is 0 Å². The summed E-state index contributed by atoms with van der Waals surface area (Å²) >= 11 is 0. The summed E-state index contributed by atoms with van der Waals surface area (Å²) < 4.78 is 2.47. The molecule has 0 unspecified atom stereocenters. The van der Waals surface area contributed by atoms with Crippen LogP contribution in [0.1, 0.15) is 63.8 Å². The van der Waals surface area contributed by atoms with E-state index in [1.807, 2.05) is 0 Å². The third-order valence-electron chi connectivity index (χ3n) is 14.1. The monoisotopic (exact) mass is 734 g/mol. The average molecular weight is 735 g/mol. The zero-order valence-corrected chi connectivity index (χ0v) is 33.6. The molecular weight excluding hydrogens is 689 g/mol. The summed E-state index contributed by atoms with van der Waals surface area (Å²) in [5, 5.41) is 5.12. The highest BCUT2D eigenvalue weighted by molar-refractivity contribution is 6.14. The molecule has 2 aliphatic rings. The van der Waals surface area contributed by atoms with Gasteiger partial charge in [0.2, 0.25) is 0 Å². The number of anilines is 3. The number of nitrogens with zero attached hydrogens (tertiary/aromatic N) is 2. The molecule has 11 rings (SSSR count). The Hall–Kier alpha value is -6.38. The first-order chi connectivity index (χ1) is 27.6. The highest BCUT2D eigenvalue weighted by atomic mass is 15.2. The summed E-state index contributed by atoms with van der Waals surface area (Å²) in [6.45, 7) is 14.5. The number of hydrogen-bond acceptors (Lipinski definition) is 1. The molecule has 8 aromatic carbocycles. The molecule has 0 saturated heterocycles. The van der Waals surface area contributed by atoms with Crippen LogP contribution in [0.25, 0.3) is 60.5 Å². The predicted molar refractivity (Wildman–Crippen MR) is 242 cm³/mol. The zero-order valence-electron chi connectivity index (χ0n) is 33.6. The third-order valence-corrected chi connectivity index (χ3v) is 14.1. The summed E-state index contributed by atoms with van der Waals surface area (Å²) in [6.07, 6.45) is 0. The van der Waals surface area contributed by atoms with Gasteiger partial charge < -0.3 is 9.47 Å². The number of aromatic nitrogens is 1. The second-order valence-electron chi connectivity index (χ2n) is 17.8. The van der Waals surface area contributed by atoms with E-state index in [1.54, 1.807) is 0 Å². The molecule has 9 aromatic rings. The molecule has 0 fully saturated rings. The van der Waals surface area contributed by atoms with Crippen LogP contribution in [0, 0.1) is 0 Å². The van der Waals surface area contributed by atoms with Gasteiger partial charge in [-0.1, -0.05) is 163 Å². The van der Waals surface area contributed by atoms with Crippen molar-refractivity contribution in [2.24, 2.45) is 0 Å². The fraction of sp³-hybridized carbons (Fsp3) is 0.164. The summed E-state index contributed by atoms with van der Waals surface area (Å²) in [4.78, 5) is 2.54. The van der Waals surface area contributed by atoms with Gasteiger partial charge in [0.05, 0.1) is 16.7 Å². The normalized spacial score (nSPS) is 15.6. The third kappa shape index (κ3) is 4.59. The van der Waals surface area contributed by atoms with Crippen molar-refractivity contribution in [2.45, 2.75) is 57.8 Å². The van der Waals surface area contributed by atoms with Gasteiger partial charge in [0.1, 0.15) is 0 Å². The maximum absolute atomic E-state index is 2.54.